The van der Waals surface area contributed by atoms with Gasteiger partial charge >= 0.3 is 13.8 Å². The largest absolute Gasteiger partial charge is 0.475 e. The van der Waals surface area contributed by atoms with Gasteiger partial charge in [0.2, 0.25) is 0 Å². The lowest BCUT2D eigenvalue weighted by Gasteiger charge is -2.20. The molecule has 104 valence electrons. The molecule has 1 rings (SSSR count). The first-order chi connectivity index (χ1) is 8.49. The molecule has 0 aromatic rings. The van der Waals surface area contributed by atoms with Crippen molar-refractivity contribution >= 4 is 13.8 Å². The third-order valence-electron chi connectivity index (χ3n) is 2.16. The first-order valence-electron chi connectivity index (χ1n) is 5.92. The molecule has 0 amide bonds. The molecule has 0 aromatic heterocycles. The van der Waals surface area contributed by atoms with Crippen LogP contribution < -0.4 is 0 Å². The SMILES string of the molecule is CCOP(=O)(OCC)O[C@H]1C=C[C@@H](OC(C)=O)C1. The highest BCUT2D eigenvalue weighted by molar-refractivity contribution is 7.48. The molecular formula is C11H19O6P. The van der Waals surface area contributed by atoms with Crippen LogP contribution in [0.25, 0.3) is 0 Å². The Hall–Kier alpha value is -0.680. The molecule has 0 bridgehead atoms. The van der Waals surface area contributed by atoms with Gasteiger partial charge in [-0.2, -0.15) is 0 Å². The Kier molecular flexibility index (Phi) is 6.02. The van der Waals surface area contributed by atoms with Gasteiger partial charge < -0.3 is 4.74 Å². The molecule has 1 aliphatic rings. The van der Waals surface area contributed by atoms with Crippen molar-refractivity contribution in [2.75, 3.05) is 13.2 Å². The van der Waals surface area contributed by atoms with Crippen LogP contribution in [0.4, 0.5) is 0 Å². The zero-order valence-electron chi connectivity index (χ0n) is 10.8. The summed E-state index contributed by atoms with van der Waals surface area (Å²) in [6, 6.07) is 0. The second-order valence-corrected chi connectivity index (χ2v) is 5.32. The molecule has 0 saturated heterocycles. The third-order valence-corrected chi connectivity index (χ3v) is 3.84. The lowest BCUT2D eigenvalue weighted by atomic mass is 10.3. The van der Waals surface area contributed by atoms with Gasteiger partial charge in [-0.05, 0) is 19.9 Å². The zero-order chi connectivity index (χ0) is 13.6. The van der Waals surface area contributed by atoms with E-state index in [1.54, 1.807) is 26.0 Å². The van der Waals surface area contributed by atoms with E-state index in [-0.39, 0.29) is 25.3 Å². The molecule has 0 unspecified atom stereocenters. The predicted molar refractivity (Wildman–Crippen MR) is 65.0 cm³/mol. The Morgan fingerprint density at radius 2 is 1.78 bits per heavy atom. The van der Waals surface area contributed by atoms with Gasteiger partial charge in [0.25, 0.3) is 0 Å². The van der Waals surface area contributed by atoms with Crippen LogP contribution in [0.5, 0.6) is 0 Å². The Bertz CT molecular complexity index is 343. The van der Waals surface area contributed by atoms with E-state index in [0.717, 1.165) is 0 Å². The molecule has 0 heterocycles. The number of esters is 1. The van der Waals surface area contributed by atoms with Gasteiger partial charge in [-0.1, -0.05) is 6.08 Å². The third kappa shape index (κ3) is 4.90. The van der Waals surface area contributed by atoms with E-state index in [0.29, 0.717) is 6.42 Å². The second-order valence-electron chi connectivity index (χ2n) is 3.70. The van der Waals surface area contributed by atoms with Gasteiger partial charge in [-0.25, -0.2) is 4.57 Å². The number of hydrogen-bond acceptors (Lipinski definition) is 6. The maximum Gasteiger partial charge on any atom is 0.475 e. The molecule has 0 radical (unpaired) electrons. The quantitative estimate of drug-likeness (QED) is 0.404. The molecule has 2 atom stereocenters. The normalized spacial score (nSPS) is 23.3. The fraction of sp³-hybridized carbons (Fsp3) is 0.727. The smallest absolute Gasteiger partial charge is 0.458 e. The summed E-state index contributed by atoms with van der Waals surface area (Å²) in [4.78, 5) is 10.8. The van der Waals surface area contributed by atoms with Crippen molar-refractivity contribution in [2.24, 2.45) is 0 Å². The van der Waals surface area contributed by atoms with Crippen LogP contribution in [0.15, 0.2) is 12.2 Å². The average Bonchev–Trinajstić information content (AvgIpc) is 2.64. The van der Waals surface area contributed by atoms with Gasteiger partial charge in [0, 0.05) is 13.3 Å². The standard InChI is InChI=1S/C11H19O6P/c1-4-14-18(13,15-5-2)17-11-7-6-10(8-11)16-9(3)12/h6-7,10-11H,4-5,8H2,1-3H3/t10-,11+/m1/s1. The van der Waals surface area contributed by atoms with Crippen molar-refractivity contribution < 1.29 is 27.7 Å². The summed E-state index contributed by atoms with van der Waals surface area (Å²) < 4.78 is 32.4. The highest BCUT2D eigenvalue weighted by Gasteiger charge is 2.32. The Morgan fingerprint density at radius 1 is 1.22 bits per heavy atom. The fourth-order valence-corrected chi connectivity index (χ4v) is 2.91. The molecule has 18 heavy (non-hydrogen) atoms. The van der Waals surface area contributed by atoms with E-state index < -0.39 is 13.9 Å². The lowest BCUT2D eigenvalue weighted by Crippen LogP contribution is -2.16. The van der Waals surface area contributed by atoms with E-state index >= 15 is 0 Å². The molecule has 0 saturated carbocycles. The van der Waals surface area contributed by atoms with Crippen LogP contribution in [-0.2, 0) is 27.7 Å². The second kappa shape index (κ2) is 7.04. The minimum absolute atomic E-state index is 0.237. The van der Waals surface area contributed by atoms with Crippen LogP contribution in [0.3, 0.4) is 0 Å². The molecule has 0 fully saturated rings. The summed E-state index contributed by atoms with van der Waals surface area (Å²) in [7, 11) is -3.52. The predicted octanol–water partition coefficient (Wildman–Crippen LogP) is 2.44. The van der Waals surface area contributed by atoms with Gasteiger partial charge in [-0.3, -0.25) is 18.4 Å². The number of carbonyl (C=O) groups excluding carboxylic acids is 1. The topological polar surface area (TPSA) is 71.1 Å². The van der Waals surface area contributed by atoms with Crippen molar-refractivity contribution in [3.05, 3.63) is 12.2 Å². The summed E-state index contributed by atoms with van der Waals surface area (Å²) in [5, 5.41) is 0. The fourth-order valence-electron chi connectivity index (χ4n) is 1.59. The number of phosphoric ester groups is 1. The maximum absolute atomic E-state index is 12.1. The number of carbonyl (C=O) groups is 1. The van der Waals surface area contributed by atoms with E-state index in [1.807, 2.05) is 0 Å². The lowest BCUT2D eigenvalue weighted by molar-refractivity contribution is -0.144. The van der Waals surface area contributed by atoms with Crippen LogP contribution in [-0.4, -0.2) is 31.4 Å². The van der Waals surface area contributed by atoms with E-state index in [1.165, 1.54) is 6.92 Å². The molecule has 6 nitrogen and oxygen atoms in total. The number of phosphoric acid groups is 1. The summed E-state index contributed by atoms with van der Waals surface area (Å²) in [5.74, 6) is -0.358. The first-order valence-corrected chi connectivity index (χ1v) is 7.38. The Morgan fingerprint density at radius 3 is 2.28 bits per heavy atom. The summed E-state index contributed by atoms with van der Waals surface area (Å²) >= 11 is 0. The highest BCUT2D eigenvalue weighted by Crippen LogP contribution is 2.51. The van der Waals surface area contributed by atoms with Gasteiger partial charge in [0.05, 0.1) is 19.3 Å². The van der Waals surface area contributed by atoms with Crippen LogP contribution in [0, 0.1) is 0 Å². The van der Waals surface area contributed by atoms with Crippen molar-refractivity contribution in [3.8, 4) is 0 Å². The monoisotopic (exact) mass is 278 g/mol. The van der Waals surface area contributed by atoms with Crippen molar-refractivity contribution in [3.63, 3.8) is 0 Å². The number of hydrogen-bond donors (Lipinski definition) is 0. The highest BCUT2D eigenvalue weighted by atomic mass is 31.2. The molecule has 0 aromatic carbocycles. The van der Waals surface area contributed by atoms with Gasteiger partial charge in [0.15, 0.2) is 0 Å². The molecule has 0 N–H and O–H groups in total. The first kappa shape index (κ1) is 15.4. The minimum Gasteiger partial charge on any atom is -0.458 e. The Labute approximate surface area is 107 Å². The summed E-state index contributed by atoms with van der Waals surface area (Å²) in [6.07, 6.45) is 3.04. The number of rotatable bonds is 7. The zero-order valence-corrected chi connectivity index (χ0v) is 11.7. The maximum atomic E-state index is 12.1. The minimum atomic E-state index is -3.52. The van der Waals surface area contributed by atoms with Crippen LogP contribution >= 0.6 is 7.82 Å². The van der Waals surface area contributed by atoms with Gasteiger partial charge in [-0.15, -0.1) is 0 Å². The van der Waals surface area contributed by atoms with Gasteiger partial charge in [0.1, 0.15) is 6.10 Å². The summed E-state index contributed by atoms with van der Waals surface area (Å²) in [5.41, 5.74) is 0. The van der Waals surface area contributed by atoms with Crippen LogP contribution in [0.1, 0.15) is 27.2 Å². The van der Waals surface area contributed by atoms with Crippen molar-refractivity contribution in [2.45, 2.75) is 39.4 Å². The molecule has 0 spiro atoms. The molecular weight excluding hydrogens is 259 g/mol. The van der Waals surface area contributed by atoms with Crippen molar-refractivity contribution in [1.82, 2.24) is 0 Å². The molecule has 1 aliphatic carbocycles. The van der Waals surface area contributed by atoms with Crippen LogP contribution in [0.2, 0.25) is 0 Å². The van der Waals surface area contributed by atoms with E-state index in [9.17, 15) is 9.36 Å². The van der Waals surface area contributed by atoms with E-state index in [4.69, 9.17) is 18.3 Å². The molecule has 7 heteroatoms. The Balaban J connectivity index is 2.50. The van der Waals surface area contributed by atoms with E-state index in [2.05, 4.69) is 0 Å². The average molecular weight is 278 g/mol. The summed E-state index contributed by atoms with van der Waals surface area (Å²) in [6.45, 7) is 5.23. The number of ether oxygens (including phenoxy) is 1. The van der Waals surface area contributed by atoms with Crippen molar-refractivity contribution in [1.29, 1.82) is 0 Å². The molecule has 0 aliphatic heterocycles.